The van der Waals surface area contributed by atoms with Crippen LogP contribution in [0.5, 0.6) is 11.5 Å². The van der Waals surface area contributed by atoms with Gasteiger partial charge in [-0.25, -0.2) is 0 Å². The van der Waals surface area contributed by atoms with E-state index in [9.17, 15) is 4.79 Å². The summed E-state index contributed by atoms with van der Waals surface area (Å²) in [5, 5.41) is 3.32. The number of ether oxygens (including phenoxy) is 2. The lowest BCUT2D eigenvalue weighted by atomic mass is 10.1. The Labute approximate surface area is 159 Å². The number of nitrogens with zero attached hydrogens (tertiary/aromatic N) is 1. The van der Waals surface area contributed by atoms with E-state index >= 15 is 0 Å². The van der Waals surface area contributed by atoms with E-state index < -0.39 is 0 Å². The molecule has 0 bridgehead atoms. The monoisotopic (exact) mass is 374 g/mol. The average Bonchev–Trinajstić information content (AvgIpc) is 3.13. The molecule has 4 rings (SSSR count). The van der Waals surface area contributed by atoms with Crippen LogP contribution in [-0.4, -0.2) is 43.2 Å². The first-order chi connectivity index (χ1) is 12.2. The zero-order valence-corrected chi connectivity index (χ0v) is 15.6. The van der Waals surface area contributed by atoms with E-state index in [1.54, 1.807) is 0 Å². The molecule has 6 heteroatoms. The number of benzene rings is 2. The van der Waals surface area contributed by atoms with E-state index in [4.69, 9.17) is 9.47 Å². The van der Waals surface area contributed by atoms with Crippen LogP contribution in [0.1, 0.15) is 22.8 Å². The fourth-order valence-electron chi connectivity index (χ4n) is 3.37. The van der Waals surface area contributed by atoms with Crippen molar-refractivity contribution < 1.29 is 14.3 Å². The maximum Gasteiger partial charge on any atom is 0.253 e. The van der Waals surface area contributed by atoms with E-state index in [-0.39, 0.29) is 24.4 Å². The lowest BCUT2D eigenvalue weighted by Gasteiger charge is -2.31. The van der Waals surface area contributed by atoms with Crippen LogP contribution >= 0.6 is 12.4 Å². The van der Waals surface area contributed by atoms with Crippen LogP contribution in [0.3, 0.4) is 0 Å². The van der Waals surface area contributed by atoms with Crippen molar-refractivity contribution in [3.8, 4) is 11.5 Å². The smallest absolute Gasteiger partial charge is 0.253 e. The van der Waals surface area contributed by atoms with Crippen molar-refractivity contribution in [3.05, 3.63) is 53.6 Å². The lowest BCUT2D eigenvalue weighted by molar-refractivity contribution is 0.0475. The number of hydrogen-bond acceptors (Lipinski definition) is 4. The Morgan fingerprint density at radius 1 is 1.23 bits per heavy atom. The van der Waals surface area contributed by atoms with Gasteiger partial charge in [-0.1, -0.05) is 12.1 Å². The van der Waals surface area contributed by atoms with Gasteiger partial charge in [-0.3, -0.25) is 4.79 Å². The molecule has 0 fully saturated rings. The van der Waals surface area contributed by atoms with Crippen LogP contribution in [0.25, 0.3) is 0 Å². The third kappa shape index (κ3) is 3.58. The zero-order valence-electron chi connectivity index (χ0n) is 14.7. The average molecular weight is 375 g/mol. The molecule has 2 aliphatic heterocycles. The van der Waals surface area contributed by atoms with Gasteiger partial charge < -0.3 is 19.7 Å². The van der Waals surface area contributed by atoms with Crippen molar-refractivity contribution in [1.82, 2.24) is 4.90 Å². The summed E-state index contributed by atoms with van der Waals surface area (Å²) in [5.41, 5.74) is 3.09. The summed E-state index contributed by atoms with van der Waals surface area (Å²) in [4.78, 5) is 14.7. The van der Waals surface area contributed by atoms with E-state index in [2.05, 4.69) is 5.32 Å². The number of hydrogen-bond donors (Lipinski definition) is 1. The molecule has 138 valence electrons. The Kier molecular flexibility index (Phi) is 5.57. The summed E-state index contributed by atoms with van der Waals surface area (Å²) in [6.45, 7) is 4.53. The van der Waals surface area contributed by atoms with Crippen LogP contribution in [0.15, 0.2) is 42.5 Å². The van der Waals surface area contributed by atoms with Gasteiger partial charge in [0.1, 0.15) is 6.61 Å². The number of para-hydroxylation sites is 2. The van der Waals surface area contributed by atoms with Crippen LogP contribution < -0.4 is 14.8 Å². The predicted molar refractivity (Wildman–Crippen MR) is 104 cm³/mol. The van der Waals surface area contributed by atoms with Crippen LogP contribution in [0.2, 0.25) is 0 Å². The molecule has 0 aromatic heterocycles. The summed E-state index contributed by atoms with van der Waals surface area (Å²) >= 11 is 0. The van der Waals surface area contributed by atoms with Gasteiger partial charge in [0.05, 0.1) is 6.54 Å². The predicted octanol–water partition coefficient (Wildman–Crippen LogP) is 3.38. The number of fused-ring (bicyclic) bond motifs is 2. The fraction of sp³-hybridized carbons (Fsp3) is 0.350. The van der Waals surface area contributed by atoms with Crippen molar-refractivity contribution in [2.24, 2.45) is 0 Å². The largest absolute Gasteiger partial charge is 0.486 e. The second-order valence-corrected chi connectivity index (χ2v) is 6.39. The number of nitrogens with one attached hydrogen (secondary N) is 1. The molecule has 26 heavy (non-hydrogen) atoms. The molecule has 1 unspecified atom stereocenters. The molecule has 0 spiro atoms. The van der Waals surface area contributed by atoms with Gasteiger partial charge in [0.15, 0.2) is 17.6 Å². The Morgan fingerprint density at radius 3 is 2.85 bits per heavy atom. The highest BCUT2D eigenvalue weighted by Gasteiger charge is 2.25. The molecule has 1 amide bonds. The topological polar surface area (TPSA) is 50.8 Å². The number of rotatable bonds is 4. The molecule has 2 heterocycles. The zero-order chi connectivity index (χ0) is 17.2. The first-order valence-electron chi connectivity index (χ1n) is 8.79. The van der Waals surface area contributed by atoms with Crippen LogP contribution in [-0.2, 0) is 6.42 Å². The van der Waals surface area contributed by atoms with Gasteiger partial charge in [-0.15, -0.1) is 12.4 Å². The highest BCUT2D eigenvalue weighted by Crippen LogP contribution is 2.31. The summed E-state index contributed by atoms with van der Waals surface area (Å²) in [5.74, 6) is 1.55. The highest BCUT2D eigenvalue weighted by atomic mass is 35.5. The molecule has 0 aliphatic carbocycles. The first-order valence-corrected chi connectivity index (χ1v) is 8.79. The number of anilines is 1. The molecule has 1 N–H and O–H groups in total. The Hall–Kier alpha value is -2.40. The SMILES string of the molecule is CCN(CC1COc2ccccc2O1)C(=O)c1ccc2c(c1)CCN2.Cl. The van der Waals surface area contributed by atoms with Gasteiger partial charge >= 0.3 is 0 Å². The minimum atomic E-state index is -0.158. The first kappa shape index (κ1) is 18.4. The Bertz CT molecular complexity index is 796. The van der Waals surface area contributed by atoms with E-state index in [0.29, 0.717) is 19.7 Å². The highest BCUT2D eigenvalue weighted by molar-refractivity contribution is 5.95. The number of halogens is 1. The number of carbonyl (C=O) groups excluding carboxylic acids is 1. The number of amides is 1. The van der Waals surface area contributed by atoms with Gasteiger partial charge in [-0.2, -0.15) is 0 Å². The Balaban J connectivity index is 0.00000196. The third-order valence-electron chi connectivity index (χ3n) is 4.72. The second-order valence-electron chi connectivity index (χ2n) is 6.39. The summed E-state index contributed by atoms with van der Waals surface area (Å²) in [6.07, 6.45) is 0.814. The summed E-state index contributed by atoms with van der Waals surface area (Å²) in [7, 11) is 0. The molecule has 2 aromatic carbocycles. The minimum absolute atomic E-state index is 0. The number of likely N-dealkylation sites (N-methyl/N-ethyl adjacent to an activating group) is 1. The summed E-state index contributed by atoms with van der Waals surface area (Å²) in [6, 6.07) is 13.5. The van der Waals surface area contributed by atoms with Crippen molar-refractivity contribution in [1.29, 1.82) is 0 Å². The molecule has 5 nitrogen and oxygen atoms in total. The summed E-state index contributed by atoms with van der Waals surface area (Å²) < 4.78 is 11.8. The molecule has 2 aromatic rings. The molecular weight excluding hydrogens is 352 g/mol. The molecule has 0 saturated carbocycles. The quantitative estimate of drug-likeness (QED) is 0.891. The maximum absolute atomic E-state index is 12.9. The number of carbonyl (C=O) groups is 1. The normalized spacial score (nSPS) is 16.9. The standard InChI is InChI=1S/C20H22N2O3.ClH/c1-2-22(12-16-13-24-18-5-3-4-6-19(18)25-16)20(23)15-7-8-17-14(11-15)9-10-21-17;/h3-8,11,16,21H,2,9-10,12-13H2,1H3;1H. The molecular formula is C20H23ClN2O3. The van der Waals surface area contributed by atoms with Crippen molar-refractivity contribution >= 4 is 24.0 Å². The van der Waals surface area contributed by atoms with Gasteiger partial charge in [0.25, 0.3) is 5.91 Å². The maximum atomic E-state index is 12.9. The lowest BCUT2D eigenvalue weighted by Crippen LogP contribution is -2.43. The molecule has 2 aliphatic rings. The van der Waals surface area contributed by atoms with Gasteiger partial charge in [0.2, 0.25) is 0 Å². The van der Waals surface area contributed by atoms with Crippen LogP contribution in [0, 0.1) is 0 Å². The van der Waals surface area contributed by atoms with Gasteiger partial charge in [0, 0.05) is 24.3 Å². The molecule has 0 radical (unpaired) electrons. The van der Waals surface area contributed by atoms with E-state index in [1.165, 1.54) is 5.56 Å². The van der Waals surface area contributed by atoms with Crippen molar-refractivity contribution in [2.45, 2.75) is 19.4 Å². The third-order valence-corrected chi connectivity index (χ3v) is 4.72. The van der Waals surface area contributed by atoms with Gasteiger partial charge in [-0.05, 0) is 49.2 Å². The van der Waals surface area contributed by atoms with Crippen LogP contribution in [0.4, 0.5) is 5.69 Å². The van der Waals surface area contributed by atoms with Crippen molar-refractivity contribution in [2.75, 3.05) is 31.6 Å². The fourth-order valence-corrected chi connectivity index (χ4v) is 3.37. The second kappa shape index (κ2) is 7.87. The van der Waals surface area contributed by atoms with Crippen molar-refractivity contribution in [3.63, 3.8) is 0 Å². The Morgan fingerprint density at radius 2 is 2.04 bits per heavy atom. The molecule has 1 atom stereocenters. The molecule has 0 saturated heterocycles. The minimum Gasteiger partial charge on any atom is -0.486 e. The van der Waals surface area contributed by atoms with E-state index in [0.717, 1.165) is 35.7 Å². The van der Waals surface area contributed by atoms with E-state index in [1.807, 2.05) is 54.3 Å².